The first-order valence-corrected chi connectivity index (χ1v) is 7.42. The highest BCUT2D eigenvalue weighted by molar-refractivity contribution is 6.04. The summed E-state index contributed by atoms with van der Waals surface area (Å²) in [6.07, 6.45) is -0.915. The van der Waals surface area contributed by atoms with Gasteiger partial charge >= 0.3 is 5.97 Å². The van der Waals surface area contributed by atoms with E-state index in [1.54, 1.807) is 50.4 Å². The third-order valence-electron chi connectivity index (χ3n) is 3.69. The molecule has 1 heterocycles. The summed E-state index contributed by atoms with van der Waals surface area (Å²) in [4.78, 5) is 24.7. The SMILES string of the molecule is COc1ccc(C(=O)[C@H](C)OC(=O)c2n[nH]c3ccccc23)cc1. The molecule has 6 heteroatoms. The number of Topliss-reactive ketones (excluding diaryl/α,β-unsaturated/α-hetero) is 1. The highest BCUT2D eigenvalue weighted by Gasteiger charge is 2.23. The van der Waals surface area contributed by atoms with Crippen molar-refractivity contribution in [1.29, 1.82) is 0 Å². The van der Waals surface area contributed by atoms with Crippen molar-refractivity contribution < 1.29 is 19.1 Å². The first-order chi connectivity index (χ1) is 11.6. The highest BCUT2D eigenvalue weighted by atomic mass is 16.5. The van der Waals surface area contributed by atoms with Gasteiger partial charge in [0.1, 0.15) is 5.75 Å². The number of hydrogen-bond donors (Lipinski definition) is 1. The van der Waals surface area contributed by atoms with Crippen LogP contribution >= 0.6 is 0 Å². The van der Waals surface area contributed by atoms with Crippen LogP contribution in [-0.4, -0.2) is 35.2 Å². The van der Waals surface area contributed by atoms with Crippen LogP contribution in [0, 0.1) is 0 Å². The van der Waals surface area contributed by atoms with Gasteiger partial charge in [-0.25, -0.2) is 4.79 Å². The molecule has 0 fully saturated rings. The number of nitrogens with zero attached hydrogens (tertiary/aromatic N) is 1. The van der Waals surface area contributed by atoms with Crippen molar-refractivity contribution in [2.24, 2.45) is 0 Å². The average molecular weight is 324 g/mol. The molecule has 1 aromatic heterocycles. The fourth-order valence-corrected chi connectivity index (χ4v) is 2.38. The number of esters is 1. The lowest BCUT2D eigenvalue weighted by molar-refractivity contribution is 0.0315. The number of aromatic amines is 1. The number of nitrogens with one attached hydrogen (secondary N) is 1. The zero-order valence-electron chi connectivity index (χ0n) is 13.3. The maximum absolute atomic E-state index is 12.4. The van der Waals surface area contributed by atoms with E-state index in [9.17, 15) is 9.59 Å². The van der Waals surface area contributed by atoms with E-state index in [0.29, 0.717) is 16.7 Å². The highest BCUT2D eigenvalue weighted by Crippen LogP contribution is 2.18. The standard InChI is InChI=1S/C18H16N2O4/c1-11(17(21)12-7-9-13(23-2)10-8-12)24-18(22)16-14-5-3-4-6-15(14)19-20-16/h3-11H,1-2H3,(H,19,20)/t11-/m0/s1. The Morgan fingerprint density at radius 1 is 1.08 bits per heavy atom. The van der Waals surface area contributed by atoms with Crippen LogP contribution in [0.15, 0.2) is 48.5 Å². The van der Waals surface area contributed by atoms with Crippen LogP contribution in [0.3, 0.4) is 0 Å². The monoisotopic (exact) mass is 324 g/mol. The van der Waals surface area contributed by atoms with Crippen LogP contribution in [-0.2, 0) is 4.74 Å². The van der Waals surface area contributed by atoms with Crippen molar-refractivity contribution in [2.45, 2.75) is 13.0 Å². The molecule has 0 aliphatic rings. The summed E-state index contributed by atoms with van der Waals surface area (Å²) in [5.41, 5.74) is 1.35. The Hall–Kier alpha value is -3.15. The topological polar surface area (TPSA) is 81.3 Å². The molecule has 2 aromatic carbocycles. The van der Waals surface area contributed by atoms with E-state index in [2.05, 4.69) is 10.2 Å². The van der Waals surface area contributed by atoms with E-state index in [1.807, 2.05) is 12.1 Å². The Morgan fingerprint density at radius 3 is 2.50 bits per heavy atom. The van der Waals surface area contributed by atoms with E-state index in [-0.39, 0.29) is 11.5 Å². The molecule has 3 rings (SSSR count). The van der Waals surface area contributed by atoms with Crippen LogP contribution in [0.25, 0.3) is 10.9 Å². The normalized spacial score (nSPS) is 11.9. The average Bonchev–Trinajstić information content (AvgIpc) is 3.05. The van der Waals surface area contributed by atoms with Crippen LogP contribution in [0.1, 0.15) is 27.8 Å². The Morgan fingerprint density at radius 2 is 1.79 bits per heavy atom. The molecule has 0 aliphatic carbocycles. The van der Waals surface area contributed by atoms with Crippen molar-refractivity contribution in [3.63, 3.8) is 0 Å². The molecule has 0 aliphatic heterocycles. The Labute approximate surface area is 138 Å². The first kappa shape index (κ1) is 15.7. The van der Waals surface area contributed by atoms with E-state index in [0.717, 1.165) is 5.52 Å². The summed E-state index contributed by atoms with van der Waals surface area (Å²) in [5.74, 6) is -0.271. The zero-order valence-corrected chi connectivity index (χ0v) is 13.3. The summed E-state index contributed by atoms with van der Waals surface area (Å²) in [7, 11) is 1.55. The molecule has 0 unspecified atom stereocenters. The lowest BCUT2D eigenvalue weighted by Crippen LogP contribution is -2.24. The second-order valence-electron chi connectivity index (χ2n) is 5.26. The smallest absolute Gasteiger partial charge is 0.360 e. The molecule has 122 valence electrons. The van der Waals surface area contributed by atoms with Crippen molar-refractivity contribution in [3.05, 3.63) is 59.8 Å². The lowest BCUT2D eigenvalue weighted by Gasteiger charge is -2.12. The molecular weight excluding hydrogens is 308 g/mol. The van der Waals surface area contributed by atoms with E-state index in [1.165, 1.54) is 0 Å². The first-order valence-electron chi connectivity index (χ1n) is 7.42. The quantitative estimate of drug-likeness (QED) is 0.576. The fraction of sp³-hybridized carbons (Fsp3) is 0.167. The maximum atomic E-state index is 12.4. The number of H-pyrrole nitrogens is 1. The number of ether oxygens (including phenoxy) is 2. The number of ketones is 1. The molecule has 0 saturated carbocycles. The second kappa shape index (κ2) is 6.54. The minimum absolute atomic E-state index is 0.167. The number of para-hydroxylation sites is 1. The van der Waals surface area contributed by atoms with Crippen molar-refractivity contribution in [1.82, 2.24) is 10.2 Å². The van der Waals surface area contributed by atoms with Crippen LogP contribution in [0.5, 0.6) is 5.75 Å². The second-order valence-corrected chi connectivity index (χ2v) is 5.26. The number of carbonyl (C=O) groups excluding carboxylic acids is 2. The molecule has 0 saturated heterocycles. The van der Waals surface area contributed by atoms with E-state index >= 15 is 0 Å². The molecule has 3 aromatic rings. The molecule has 24 heavy (non-hydrogen) atoms. The lowest BCUT2D eigenvalue weighted by atomic mass is 10.1. The van der Waals surface area contributed by atoms with Gasteiger partial charge < -0.3 is 9.47 Å². The van der Waals surface area contributed by atoms with Crippen LogP contribution in [0.2, 0.25) is 0 Å². The Kier molecular flexibility index (Phi) is 4.29. The molecule has 1 atom stereocenters. The van der Waals surface area contributed by atoms with E-state index < -0.39 is 12.1 Å². The molecule has 6 nitrogen and oxygen atoms in total. The fourth-order valence-electron chi connectivity index (χ4n) is 2.38. The summed E-state index contributed by atoms with van der Waals surface area (Å²) < 4.78 is 10.3. The Balaban J connectivity index is 1.74. The maximum Gasteiger partial charge on any atom is 0.360 e. The summed E-state index contributed by atoms with van der Waals surface area (Å²) in [6.45, 7) is 1.54. The van der Waals surface area contributed by atoms with Gasteiger partial charge in [-0.2, -0.15) is 5.10 Å². The predicted octanol–water partition coefficient (Wildman–Crippen LogP) is 3.00. The minimum atomic E-state index is -0.915. The van der Waals surface area contributed by atoms with Gasteiger partial charge in [0.05, 0.1) is 12.6 Å². The van der Waals surface area contributed by atoms with Gasteiger partial charge in [-0.1, -0.05) is 18.2 Å². The zero-order chi connectivity index (χ0) is 17.1. The molecule has 0 radical (unpaired) electrons. The number of hydrogen-bond acceptors (Lipinski definition) is 5. The largest absolute Gasteiger partial charge is 0.497 e. The van der Waals surface area contributed by atoms with Gasteiger partial charge in [0, 0.05) is 10.9 Å². The predicted molar refractivity (Wildman–Crippen MR) is 88.3 cm³/mol. The number of methoxy groups -OCH3 is 1. The van der Waals surface area contributed by atoms with Gasteiger partial charge in [0.2, 0.25) is 5.78 Å². The summed E-state index contributed by atoms with van der Waals surface area (Å²) >= 11 is 0. The molecule has 1 N–H and O–H groups in total. The Bertz CT molecular complexity index is 883. The molecular formula is C18H16N2O4. The van der Waals surface area contributed by atoms with Gasteiger partial charge in [0.15, 0.2) is 11.8 Å². The summed E-state index contributed by atoms with van der Waals surface area (Å²) in [5, 5.41) is 7.40. The third kappa shape index (κ3) is 2.99. The summed E-state index contributed by atoms with van der Waals surface area (Å²) in [6, 6.07) is 13.9. The number of aromatic nitrogens is 2. The van der Waals surface area contributed by atoms with Gasteiger partial charge in [-0.15, -0.1) is 0 Å². The van der Waals surface area contributed by atoms with Gasteiger partial charge in [-0.3, -0.25) is 9.89 Å². The number of rotatable bonds is 5. The number of carbonyl (C=O) groups is 2. The van der Waals surface area contributed by atoms with Crippen molar-refractivity contribution >= 4 is 22.7 Å². The van der Waals surface area contributed by atoms with Gasteiger partial charge in [-0.05, 0) is 37.3 Å². The van der Waals surface area contributed by atoms with Gasteiger partial charge in [0.25, 0.3) is 0 Å². The van der Waals surface area contributed by atoms with Crippen molar-refractivity contribution in [3.8, 4) is 5.75 Å². The molecule has 0 amide bonds. The molecule has 0 spiro atoms. The minimum Gasteiger partial charge on any atom is -0.497 e. The number of benzene rings is 2. The molecule has 0 bridgehead atoms. The van der Waals surface area contributed by atoms with E-state index in [4.69, 9.17) is 9.47 Å². The van der Waals surface area contributed by atoms with Crippen LogP contribution < -0.4 is 4.74 Å². The van der Waals surface area contributed by atoms with Crippen molar-refractivity contribution in [2.75, 3.05) is 7.11 Å². The van der Waals surface area contributed by atoms with Crippen LogP contribution in [0.4, 0.5) is 0 Å². The number of fused-ring (bicyclic) bond motifs is 1. The third-order valence-corrected chi connectivity index (χ3v) is 3.69.